The van der Waals surface area contributed by atoms with Gasteiger partial charge in [-0.25, -0.2) is 0 Å². The molecule has 1 aliphatic rings. The average Bonchev–Trinajstić information content (AvgIpc) is 2.45. The van der Waals surface area contributed by atoms with E-state index >= 15 is 0 Å². The Morgan fingerprint density at radius 2 is 1.90 bits per heavy atom. The number of nitriles is 1. The van der Waals surface area contributed by atoms with E-state index in [9.17, 15) is 5.26 Å². The monoisotopic (exact) mass is 271 g/mol. The molecule has 1 aromatic heterocycles. The van der Waals surface area contributed by atoms with Crippen LogP contribution in [0.1, 0.15) is 56.0 Å². The summed E-state index contributed by atoms with van der Waals surface area (Å²) in [6, 6.07) is 4.26. The molecule has 3 nitrogen and oxygen atoms in total. The van der Waals surface area contributed by atoms with Crippen molar-refractivity contribution in [1.82, 2.24) is 4.98 Å². The summed E-state index contributed by atoms with van der Waals surface area (Å²) in [5, 5.41) is 12.7. The van der Waals surface area contributed by atoms with Crippen LogP contribution in [0, 0.1) is 37.0 Å². The van der Waals surface area contributed by atoms with Gasteiger partial charge in [0.05, 0.1) is 16.9 Å². The van der Waals surface area contributed by atoms with Gasteiger partial charge in [0, 0.05) is 12.2 Å². The molecule has 1 saturated carbocycles. The summed E-state index contributed by atoms with van der Waals surface area (Å²) in [6.07, 6.45) is 6.68. The van der Waals surface area contributed by atoms with Gasteiger partial charge < -0.3 is 5.32 Å². The van der Waals surface area contributed by atoms with Gasteiger partial charge in [-0.2, -0.15) is 5.26 Å². The minimum Gasteiger partial charge on any atom is -0.384 e. The number of hydrogen-bond donors (Lipinski definition) is 1. The van der Waals surface area contributed by atoms with Gasteiger partial charge in [-0.3, -0.25) is 4.98 Å². The van der Waals surface area contributed by atoms with Gasteiger partial charge in [0.25, 0.3) is 0 Å². The van der Waals surface area contributed by atoms with Crippen molar-refractivity contribution in [3.63, 3.8) is 0 Å². The second-order valence-corrected chi connectivity index (χ2v) is 6.06. The van der Waals surface area contributed by atoms with Crippen molar-refractivity contribution in [1.29, 1.82) is 5.26 Å². The molecule has 1 aromatic rings. The summed E-state index contributed by atoms with van der Waals surface area (Å²) < 4.78 is 0. The molecular formula is C17H25N3. The van der Waals surface area contributed by atoms with Crippen molar-refractivity contribution in [3.8, 4) is 6.07 Å². The number of aryl methyl sites for hydroxylation is 2. The van der Waals surface area contributed by atoms with Gasteiger partial charge in [-0.1, -0.05) is 26.2 Å². The minimum atomic E-state index is 0.692. The van der Waals surface area contributed by atoms with E-state index in [2.05, 4.69) is 23.3 Å². The highest BCUT2D eigenvalue weighted by atomic mass is 14.9. The van der Waals surface area contributed by atoms with Gasteiger partial charge in [-0.05, 0) is 44.6 Å². The van der Waals surface area contributed by atoms with Crippen molar-refractivity contribution in [2.24, 2.45) is 11.8 Å². The Labute approximate surface area is 122 Å². The number of pyridine rings is 1. The number of nitrogens with zero attached hydrogens (tertiary/aromatic N) is 2. The molecule has 0 atom stereocenters. The molecule has 0 unspecified atom stereocenters. The predicted molar refractivity (Wildman–Crippen MR) is 82.7 cm³/mol. The maximum Gasteiger partial charge on any atom is 0.103 e. The van der Waals surface area contributed by atoms with E-state index in [4.69, 9.17) is 0 Å². The molecule has 0 saturated heterocycles. The molecule has 0 aliphatic heterocycles. The normalized spacial score (nSPS) is 22.3. The lowest BCUT2D eigenvalue weighted by molar-refractivity contribution is 0.278. The van der Waals surface area contributed by atoms with Crippen LogP contribution < -0.4 is 5.32 Å². The van der Waals surface area contributed by atoms with Crippen LogP contribution in [-0.4, -0.2) is 11.5 Å². The van der Waals surface area contributed by atoms with Crippen LogP contribution in [-0.2, 0) is 0 Å². The molecule has 20 heavy (non-hydrogen) atoms. The van der Waals surface area contributed by atoms with Crippen molar-refractivity contribution < 1.29 is 0 Å². The summed E-state index contributed by atoms with van der Waals surface area (Å²) >= 11 is 0. The van der Waals surface area contributed by atoms with Crippen LogP contribution in [0.15, 0.2) is 6.07 Å². The van der Waals surface area contributed by atoms with E-state index in [1.54, 1.807) is 0 Å². The van der Waals surface area contributed by atoms with Gasteiger partial charge in [0.15, 0.2) is 0 Å². The molecule has 0 amide bonds. The first-order valence-corrected chi connectivity index (χ1v) is 7.76. The fourth-order valence-corrected chi connectivity index (χ4v) is 3.21. The van der Waals surface area contributed by atoms with Gasteiger partial charge in [0.1, 0.15) is 6.07 Å². The first-order valence-electron chi connectivity index (χ1n) is 7.76. The van der Waals surface area contributed by atoms with Crippen LogP contribution >= 0.6 is 0 Å². The summed E-state index contributed by atoms with van der Waals surface area (Å²) in [5.41, 5.74) is 3.44. The standard InChI is InChI=1S/C17H25N3/c1-4-14-5-7-15(8-6-14)11-19-17-9-12(2)20-13(3)16(17)10-18/h9,14-15H,4-8,11H2,1-3H3,(H,19,20). The molecule has 0 aromatic carbocycles. The molecule has 0 radical (unpaired) electrons. The summed E-state index contributed by atoms with van der Waals surface area (Å²) in [4.78, 5) is 4.36. The maximum absolute atomic E-state index is 9.26. The van der Waals surface area contributed by atoms with E-state index in [0.29, 0.717) is 5.56 Å². The van der Waals surface area contributed by atoms with Crippen LogP contribution in [0.3, 0.4) is 0 Å². The number of anilines is 1. The number of rotatable bonds is 4. The molecule has 2 rings (SSSR count). The predicted octanol–water partition coefficient (Wildman–Crippen LogP) is 4.20. The zero-order valence-electron chi connectivity index (χ0n) is 12.9. The number of hydrogen-bond acceptors (Lipinski definition) is 3. The van der Waals surface area contributed by atoms with Gasteiger partial charge in [-0.15, -0.1) is 0 Å². The second kappa shape index (κ2) is 6.74. The fourth-order valence-electron chi connectivity index (χ4n) is 3.21. The zero-order valence-corrected chi connectivity index (χ0v) is 12.9. The van der Waals surface area contributed by atoms with E-state index in [1.165, 1.54) is 32.1 Å². The second-order valence-electron chi connectivity index (χ2n) is 6.06. The first-order chi connectivity index (χ1) is 9.63. The summed E-state index contributed by atoms with van der Waals surface area (Å²) in [5.74, 6) is 1.68. The Bertz CT molecular complexity index is 494. The van der Waals surface area contributed by atoms with Crippen LogP contribution in [0.25, 0.3) is 0 Å². The van der Waals surface area contributed by atoms with Crippen molar-refractivity contribution in [2.75, 3.05) is 11.9 Å². The summed E-state index contributed by atoms with van der Waals surface area (Å²) in [7, 11) is 0. The zero-order chi connectivity index (χ0) is 14.5. The lowest BCUT2D eigenvalue weighted by Gasteiger charge is -2.28. The van der Waals surface area contributed by atoms with E-state index in [0.717, 1.165) is 35.5 Å². The SMILES string of the molecule is CCC1CCC(CNc2cc(C)nc(C)c2C#N)CC1. The van der Waals surface area contributed by atoms with Crippen molar-refractivity contribution >= 4 is 5.69 Å². The molecule has 0 bridgehead atoms. The molecule has 1 fully saturated rings. The summed E-state index contributed by atoms with van der Waals surface area (Å²) in [6.45, 7) is 7.16. The quantitative estimate of drug-likeness (QED) is 0.893. The Hall–Kier alpha value is -1.56. The highest BCUT2D eigenvalue weighted by Crippen LogP contribution is 2.31. The Morgan fingerprint density at radius 3 is 2.50 bits per heavy atom. The van der Waals surface area contributed by atoms with E-state index in [-0.39, 0.29) is 0 Å². The Kier molecular flexibility index (Phi) is 5.00. The van der Waals surface area contributed by atoms with E-state index < -0.39 is 0 Å². The van der Waals surface area contributed by atoms with Gasteiger partial charge in [0.2, 0.25) is 0 Å². The Balaban J connectivity index is 1.96. The Morgan fingerprint density at radius 1 is 1.25 bits per heavy atom. The van der Waals surface area contributed by atoms with Crippen LogP contribution in [0.5, 0.6) is 0 Å². The lowest BCUT2D eigenvalue weighted by atomic mass is 9.81. The van der Waals surface area contributed by atoms with Crippen LogP contribution in [0.2, 0.25) is 0 Å². The third-order valence-corrected chi connectivity index (χ3v) is 4.57. The number of nitrogens with one attached hydrogen (secondary N) is 1. The molecule has 0 spiro atoms. The topological polar surface area (TPSA) is 48.7 Å². The largest absolute Gasteiger partial charge is 0.384 e. The van der Waals surface area contributed by atoms with E-state index in [1.807, 2.05) is 19.9 Å². The molecule has 108 valence electrons. The smallest absolute Gasteiger partial charge is 0.103 e. The van der Waals surface area contributed by atoms with Gasteiger partial charge >= 0.3 is 0 Å². The molecule has 1 N–H and O–H groups in total. The van der Waals surface area contributed by atoms with Crippen molar-refractivity contribution in [2.45, 2.75) is 52.9 Å². The van der Waals surface area contributed by atoms with Crippen molar-refractivity contribution in [3.05, 3.63) is 23.0 Å². The highest BCUT2D eigenvalue weighted by molar-refractivity contribution is 5.59. The third kappa shape index (κ3) is 3.50. The van der Waals surface area contributed by atoms with Crippen LogP contribution in [0.4, 0.5) is 5.69 Å². The highest BCUT2D eigenvalue weighted by Gasteiger charge is 2.20. The average molecular weight is 271 g/mol. The lowest BCUT2D eigenvalue weighted by Crippen LogP contribution is -2.21. The molecule has 1 heterocycles. The maximum atomic E-state index is 9.26. The third-order valence-electron chi connectivity index (χ3n) is 4.57. The number of aromatic nitrogens is 1. The molecule has 1 aliphatic carbocycles. The fraction of sp³-hybridized carbons (Fsp3) is 0.647. The molecule has 3 heteroatoms. The first kappa shape index (κ1) is 14.8. The minimum absolute atomic E-state index is 0.692. The molecular weight excluding hydrogens is 246 g/mol.